The van der Waals surface area contributed by atoms with E-state index in [0.717, 1.165) is 5.82 Å². The van der Waals surface area contributed by atoms with Crippen molar-refractivity contribution in [1.29, 1.82) is 0 Å². The predicted molar refractivity (Wildman–Crippen MR) is 157 cm³/mol. The molecule has 0 amide bonds. The van der Waals surface area contributed by atoms with Gasteiger partial charge in [-0.3, -0.25) is 0 Å². The van der Waals surface area contributed by atoms with Gasteiger partial charge in [0, 0.05) is 12.4 Å². The minimum absolute atomic E-state index is 0.314. The molecule has 0 fully saturated rings. The fourth-order valence-electron chi connectivity index (χ4n) is 4.94. The average molecular weight is 501 g/mol. The van der Waals surface area contributed by atoms with E-state index in [1.165, 1.54) is 33.6 Å². The molecule has 2 aromatic carbocycles. The van der Waals surface area contributed by atoms with Crippen molar-refractivity contribution in [2.45, 2.75) is 86.0 Å². The Kier molecular flexibility index (Phi) is 9.07. The summed E-state index contributed by atoms with van der Waals surface area (Å²) in [5.41, 5.74) is 7.75. The van der Waals surface area contributed by atoms with Crippen LogP contribution in [0.2, 0.25) is 0 Å². The molecule has 1 aliphatic rings. The maximum atomic E-state index is 12.7. The van der Waals surface area contributed by atoms with Crippen LogP contribution in [-0.2, 0) is 9.53 Å². The van der Waals surface area contributed by atoms with Gasteiger partial charge in [-0.05, 0) is 58.9 Å². The summed E-state index contributed by atoms with van der Waals surface area (Å²) in [6.45, 7) is 24.0. The van der Waals surface area contributed by atoms with E-state index in [4.69, 9.17) is 4.74 Å². The molecule has 1 heterocycles. The van der Waals surface area contributed by atoms with Gasteiger partial charge in [0.1, 0.15) is 5.82 Å². The lowest BCUT2D eigenvalue weighted by Crippen LogP contribution is -2.27. The Balaban J connectivity index is 2.32. The quantitative estimate of drug-likeness (QED) is 0.254. The lowest BCUT2D eigenvalue weighted by atomic mass is 9.91. The van der Waals surface area contributed by atoms with Crippen molar-refractivity contribution >= 4 is 17.3 Å². The Morgan fingerprint density at radius 1 is 0.757 bits per heavy atom. The number of hydrogen-bond donors (Lipinski definition) is 0. The molecular weight excluding hydrogens is 456 g/mol. The Labute approximate surface area is 224 Å². The molecule has 0 radical (unpaired) electrons. The second kappa shape index (κ2) is 11.9. The maximum absolute atomic E-state index is 12.7. The first-order valence-electron chi connectivity index (χ1n) is 13.6. The van der Waals surface area contributed by atoms with Gasteiger partial charge in [-0.1, -0.05) is 98.4 Å². The van der Waals surface area contributed by atoms with Gasteiger partial charge >= 0.3 is 5.97 Å². The van der Waals surface area contributed by atoms with Crippen molar-refractivity contribution in [3.8, 4) is 0 Å². The van der Waals surface area contributed by atoms with Crippen LogP contribution < -0.4 is 9.80 Å². The number of nitrogens with zero attached hydrogens (tertiary/aromatic N) is 2. The second-order valence-corrected chi connectivity index (χ2v) is 11.0. The molecule has 0 atom stereocenters. The monoisotopic (exact) mass is 500 g/mol. The summed E-state index contributed by atoms with van der Waals surface area (Å²) in [6, 6.07) is 13.1. The van der Waals surface area contributed by atoms with Gasteiger partial charge in [-0.2, -0.15) is 0 Å². The van der Waals surface area contributed by atoms with Crippen LogP contribution in [0.5, 0.6) is 0 Å². The third kappa shape index (κ3) is 5.84. The van der Waals surface area contributed by atoms with E-state index in [9.17, 15) is 4.79 Å². The molecule has 2 aromatic rings. The topological polar surface area (TPSA) is 32.8 Å². The van der Waals surface area contributed by atoms with Crippen LogP contribution in [0.25, 0.3) is 0 Å². The first kappa shape index (κ1) is 28.3. The molecule has 0 spiro atoms. The number of hydrogen-bond acceptors (Lipinski definition) is 4. The van der Waals surface area contributed by atoms with Gasteiger partial charge in [0.15, 0.2) is 0 Å². The average Bonchev–Trinajstić information content (AvgIpc) is 3.25. The van der Waals surface area contributed by atoms with Crippen molar-refractivity contribution in [2.75, 3.05) is 16.4 Å². The number of ether oxygens (including phenoxy) is 1. The minimum atomic E-state index is -0.399. The highest BCUT2D eigenvalue weighted by Gasteiger charge is 2.31. The number of benzene rings is 2. The number of rotatable bonds is 9. The van der Waals surface area contributed by atoms with E-state index in [-0.39, 0.29) is 0 Å². The third-order valence-electron chi connectivity index (χ3n) is 6.87. The lowest BCUT2D eigenvalue weighted by molar-refractivity contribution is -0.138. The smallest absolute Gasteiger partial charge is 0.337 e. The summed E-state index contributed by atoms with van der Waals surface area (Å²) < 4.78 is 5.30. The van der Waals surface area contributed by atoms with Crippen LogP contribution in [0.4, 0.5) is 11.4 Å². The molecule has 0 saturated carbocycles. The van der Waals surface area contributed by atoms with E-state index in [2.05, 4.69) is 121 Å². The highest BCUT2D eigenvalue weighted by Crippen LogP contribution is 2.44. The van der Waals surface area contributed by atoms with Crippen LogP contribution in [0.15, 0.2) is 72.8 Å². The maximum Gasteiger partial charge on any atom is 0.337 e. The Hall–Kier alpha value is -3.27. The van der Waals surface area contributed by atoms with Crippen molar-refractivity contribution in [1.82, 2.24) is 0 Å². The minimum Gasteiger partial charge on any atom is -0.462 e. The molecule has 0 saturated heterocycles. The summed E-state index contributed by atoms with van der Waals surface area (Å²) in [7, 11) is 0. The SMILES string of the molecule is C=C(C=C1N(c2c(C(C)C)cccc2C(C)C)C=CN1c1c(C(C)C)cccc1C(C)C)C(=O)OCC. The van der Waals surface area contributed by atoms with E-state index in [0.29, 0.717) is 35.9 Å². The molecule has 4 heteroatoms. The number of carbonyl (C=O) groups excluding carboxylic acids is 1. The third-order valence-corrected chi connectivity index (χ3v) is 6.87. The first-order chi connectivity index (χ1) is 17.5. The molecular formula is C33H44N2O2. The Morgan fingerprint density at radius 3 is 1.41 bits per heavy atom. The molecule has 37 heavy (non-hydrogen) atoms. The fraction of sp³-hybridized carbons (Fsp3) is 0.424. The zero-order chi connectivity index (χ0) is 27.4. The van der Waals surface area contributed by atoms with Gasteiger partial charge in [-0.25, -0.2) is 4.79 Å². The van der Waals surface area contributed by atoms with E-state index in [1.54, 1.807) is 0 Å². The Morgan fingerprint density at radius 2 is 1.11 bits per heavy atom. The lowest BCUT2D eigenvalue weighted by Gasteiger charge is -2.33. The fourth-order valence-corrected chi connectivity index (χ4v) is 4.94. The van der Waals surface area contributed by atoms with Crippen molar-refractivity contribution < 1.29 is 9.53 Å². The molecule has 0 unspecified atom stereocenters. The first-order valence-corrected chi connectivity index (χ1v) is 13.6. The molecule has 4 nitrogen and oxygen atoms in total. The molecule has 0 aromatic heterocycles. The van der Waals surface area contributed by atoms with Gasteiger partial charge in [0.2, 0.25) is 0 Å². The predicted octanol–water partition coefficient (Wildman–Crippen LogP) is 8.94. The molecule has 1 aliphatic heterocycles. The Bertz CT molecular complexity index is 1070. The molecule has 0 aliphatic carbocycles. The van der Waals surface area contributed by atoms with E-state index in [1.807, 2.05) is 13.0 Å². The van der Waals surface area contributed by atoms with Crippen molar-refractivity contribution in [3.05, 3.63) is 95.1 Å². The molecule has 0 N–H and O–H groups in total. The van der Waals surface area contributed by atoms with Gasteiger partial charge in [0.25, 0.3) is 0 Å². The normalized spacial score (nSPS) is 13.5. The summed E-state index contributed by atoms with van der Waals surface area (Å²) in [6.07, 6.45) is 6.12. The second-order valence-electron chi connectivity index (χ2n) is 11.0. The summed E-state index contributed by atoms with van der Waals surface area (Å²) in [4.78, 5) is 17.2. The number of esters is 1. The number of anilines is 2. The van der Waals surface area contributed by atoms with Gasteiger partial charge in [0.05, 0.1) is 23.6 Å². The zero-order valence-corrected chi connectivity index (χ0v) is 24.1. The standard InChI is InChI=1S/C33H44N2O2/c1-11-37-33(36)25(10)20-30-34(31-26(21(2)3)14-12-15-27(31)22(4)5)18-19-35(30)32-28(23(6)7)16-13-17-29(32)24(8)9/h12-24H,10-11H2,1-9H3. The van der Waals surface area contributed by atoms with Gasteiger partial charge in [-0.15, -0.1) is 0 Å². The highest BCUT2D eigenvalue weighted by atomic mass is 16.5. The van der Waals surface area contributed by atoms with Crippen LogP contribution >= 0.6 is 0 Å². The van der Waals surface area contributed by atoms with Crippen LogP contribution in [0.1, 0.15) is 108 Å². The van der Waals surface area contributed by atoms with Crippen molar-refractivity contribution in [3.63, 3.8) is 0 Å². The van der Waals surface area contributed by atoms with Gasteiger partial charge < -0.3 is 14.5 Å². The molecule has 0 bridgehead atoms. The summed E-state index contributed by atoms with van der Waals surface area (Å²) >= 11 is 0. The summed E-state index contributed by atoms with van der Waals surface area (Å²) in [5.74, 6) is 1.81. The molecule has 3 rings (SSSR count). The number of para-hydroxylation sites is 2. The number of carbonyl (C=O) groups is 1. The summed E-state index contributed by atoms with van der Waals surface area (Å²) in [5, 5.41) is 0. The van der Waals surface area contributed by atoms with Crippen molar-refractivity contribution in [2.24, 2.45) is 0 Å². The van der Waals surface area contributed by atoms with E-state index >= 15 is 0 Å². The highest BCUT2D eigenvalue weighted by molar-refractivity contribution is 5.92. The zero-order valence-electron chi connectivity index (χ0n) is 24.1. The van der Waals surface area contributed by atoms with E-state index < -0.39 is 5.97 Å². The van der Waals surface area contributed by atoms with Crippen LogP contribution in [0.3, 0.4) is 0 Å². The molecule has 198 valence electrons. The largest absolute Gasteiger partial charge is 0.462 e. The van der Waals surface area contributed by atoms with Crippen LogP contribution in [-0.4, -0.2) is 12.6 Å². The van der Waals surface area contributed by atoms with Crippen LogP contribution in [0, 0.1) is 0 Å².